The molecule has 1 unspecified atom stereocenters. The molecular weight excluding hydrogens is 663 g/mol. The van der Waals surface area contributed by atoms with Crippen molar-refractivity contribution in [2.24, 2.45) is 5.92 Å². The smallest absolute Gasteiger partial charge is 0.0541 e. The summed E-state index contributed by atoms with van der Waals surface area (Å²) in [6, 6.07) is 33.8. The van der Waals surface area contributed by atoms with E-state index in [1.807, 2.05) is 18.2 Å². The molecule has 3 aliphatic rings. The first kappa shape index (κ1) is 34.1. The SMILES string of the molecule is C[C@H]1C2=CC1c1cc(C(C)(C)C)ccc1N2c1cc(-c2c(Cl)cccc2Cl)cc(-n2c3ccc(C(C)(C)C)cc3c3cc(C(C)(C)C)ccc32)c1. The second-order valence-corrected chi connectivity index (χ2v) is 18.7. The fraction of sp³-hybridized carbons (Fsp3) is 0.319. The number of allylic oxidation sites excluding steroid dienone is 2. The lowest BCUT2D eigenvalue weighted by molar-refractivity contribution is 0.503. The monoisotopic (exact) mass is 710 g/mol. The molecule has 260 valence electrons. The number of benzene rings is 5. The van der Waals surface area contributed by atoms with Gasteiger partial charge in [-0.3, -0.25) is 0 Å². The fourth-order valence-electron chi connectivity index (χ4n) is 8.11. The Kier molecular flexibility index (Phi) is 7.70. The number of fused-ring (bicyclic) bond motifs is 3. The molecule has 0 saturated heterocycles. The van der Waals surface area contributed by atoms with Crippen LogP contribution in [0.1, 0.15) is 97.4 Å². The maximum absolute atomic E-state index is 6.97. The van der Waals surface area contributed by atoms with Crippen molar-refractivity contribution < 1.29 is 0 Å². The Labute approximate surface area is 313 Å². The Morgan fingerprint density at radius 2 is 1.08 bits per heavy atom. The van der Waals surface area contributed by atoms with Gasteiger partial charge in [-0.1, -0.05) is 129 Å². The van der Waals surface area contributed by atoms with E-state index in [1.165, 1.54) is 55.4 Å². The predicted molar refractivity (Wildman–Crippen MR) is 221 cm³/mol. The van der Waals surface area contributed by atoms with E-state index >= 15 is 0 Å². The van der Waals surface area contributed by atoms with Gasteiger partial charge in [0.2, 0.25) is 0 Å². The van der Waals surface area contributed by atoms with Gasteiger partial charge >= 0.3 is 0 Å². The number of hydrogen-bond donors (Lipinski definition) is 0. The third-order valence-electron chi connectivity index (χ3n) is 11.3. The Hall–Kier alpha value is -3.98. The topological polar surface area (TPSA) is 8.17 Å². The molecule has 5 aromatic carbocycles. The number of rotatable bonds is 3. The Balaban J connectivity index is 1.44. The summed E-state index contributed by atoms with van der Waals surface area (Å²) in [7, 11) is 0. The zero-order valence-corrected chi connectivity index (χ0v) is 33.1. The van der Waals surface area contributed by atoms with E-state index in [0.717, 1.165) is 22.5 Å². The third kappa shape index (κ3) is 5.53. The van der Waals surface area contributed by atoms with Crippen LogP contribution in [0.15, 0.2) is 103 Å². The van der Waals surface area contributed by atoms with Crippen molar-refractivity contribution in [2.45, 2.75) is 91.4 Å². The van der Waals surface area contributed by atoms with Crippen LogP contribution in [-0.2, 0) is 16.2 Å². The summed E-state index contributed by atoms with van der Waals surface area (Å²) in [5, 5.41) is 3.81. The highest BCUT2D eigenvalue weighted by molar-refractivity contribution is 6.39. The molecule has 0 radical (unpaired) electrons. The van der Waals surface area contributed by atoms with Crippen molar-refractivity contribution >= 4 is 56.4 Å². The second kappa shape index (κ2) is 11.5. The predicted octanol–water partition coefficient (Wildman–Crippen LogP) is 14.4. The Bertz CT molecular complexity index is 2330. The van der Waals surface area contributed by atoms with Crippen LogP contribution in [-0.4, -0.2) is 4.57 Å². The molecule has 4 heteroatoms. The van der Waals surface area contributed by atoms with E-state index in [1.54, 1.807) is 0 Å². The van der Waals surface area contributed by atoms with Gasteiger partial charge in [0.1, 0.15) is 0 Å². The molecule has 1 aliphatic carbocycles. The summed E-state index contributed by atoms with van der Waals surface area (Å²) in [4.78, 5) is 2.48. The summed E-state index contributed by atoms with van der Waals surface area (Å²) in [6.45, 7) is 23.0. The molecular formula is C47H48Cl2N2. The van der Waals surface area contributed by atoms with Crippen molar-refractivity contribution in [3.8, 4) is 16.8 Å². The molecule has 2 nitrogen and oxygen atoms in total. The van der Waals surface area contributed by atoms with Gasteiger partial charge in [-0.2, -0.15) is 0 Å². The third-order valence-corrected chi connectivity index (χ3v) is 11.9. The number of anilines is 2. The van der Waals surface area contributed by atoms with Crippen LogP contribution in [0.3, 0.4) is 0 Å². The largest absolute Gasteiger partial charge is 0.314 e. The van der Waals surface area contributed by atoms with Gasteiger partial charge in [-0.05, 0) is 105 Å². The van der Waals surface area contributed by atoms with Crippen LogP contribution in [0.25, 0.3) is 38.6 Å². The number of halogens is 2. The maximum atomic E-state index is 6.97. The van der Waals surface area contributed by atoms with Crippen molar-refractivity contribution in [3.63, 3.8) is 0 Å². The molecule has 9 rings (SSSR count). The molecule has 2 bridgehead atoms. The standard InChI is InChI=1S/C47H48Cl2N2/c1-27-34-26-43(27)51(40-17-14-29(22-35(34)40)45(2,3)4)33-21-28(44-38(48)12-11-13-39(44)49)20-32(25-33)50-41-18-15-30(46(5,6)7)23-36(41)37-24-31(47(8,9)10)16-19-42(37)50/h11-27,34H,1-10H3/t27-,34?/m1/s1. The van der Waals surface area contributed by atoms with E-state index in [-0.39, 0.29) is 16.2 Å². The normalized spacial score (nSPS) is 17.5. The zero-order valence-electron chi connectivity index (χ0n) is 31.5. The first-order valence-electron chi connectivity index (χ1n) is 18.3. The quantitative estimate of drug-likeness (QED) is 0.177. The summed E-state index contributed by atoms with van der Waals surface area (Å²) in [5.74, 6) is 0.851. The summed E-state index contributed by atoms with van der Waals surface area (Å²) >= 11 is 13.9. The van der Waals surface area contributed by atoms with Crippen LogP contribution in [0.4, 0.5) is 11.4 Å². The van der Waals surface area contributed by atoms with Crippen LogP contribution in [0, 0.1) is 5.92 Å². The summed E-state index contributed by atoms with van der Waals surface area (Å²) in [6.07, 6.45) is 2.46. The van der Waals surface area contributed by atoms with E-state index in [9.17, 15) is 0 Å². The molecule has 0 saturated carbocycles. The van der Waals surface area contributed by atoms with Gasteiger partial charge in [0.15, 0.2) is 0 Å². The van der Waals surface area contributed by atoms with Crippen LogP contribution >= 0.6 is 23.2 Å². The minimum absolute atomic E-state index is 0.0255. The van der Waals surface area contributed by atoms with Gasteiger partial charge in [0.25, 0.3) is 0 Å². The van der Waals surface area contributed by atoms with Crippen molar-refractivity contribution in [3.05, 3.63) is 135 Å². The van der Waals surface area contributed by atoms with E-state index in [0.29, 0.717) is 21.9 Å². The fourth-order valence-corrected chi connectivity index (χ4v) is 8.72. The maximum Gasteiger partial charge on any atom is 0.0541 e. The van der Waals surface area contributed by atoms with Crippen LogP contribution in [0.5, 0.6) is 0 Å². The number of hydrogen-bond acceptors (Lipinski definition) is 1. The summed E-state index contributed by atoms with van der Waals surface area (Å²) in [5.41, 5.74) is 14.5. The highest BCUT2D eigenvalue weighted by Gasteiger charge is 2.42. The average Bonchev–Trinajstić information content (AvgIpc) is 3.39. The van der Waals surface area contributed by atoms with Gasteiger partial charge in [-0.15, -0.1) is 0 Å². The minimum atomic E-state index is 0.0255. The Morgan fingerprint density at radius 3 is 1.61 bits per heavy atom. The van der Waals surface area contributed by atoms with E-state index in [2.05, 4.69) is 158 Å². The minimum Gasteiger partial charge on any atom is -0.314 e. The molecule has 1 aromatic heterocycles. The average molecular weight is 712 g/mol. The van der Waals surface area contributed by atoms with Crippen molar-refractivity contribution in [1.82, 2.24) is 4.57 Å². The number of aromatic nitrogens is 1. The lowest BCUT2D eigenvalue weighted by Gasteiger charge is -2.48. The van der Waals surface area contributed by atoms with E-state index in [4.69, 9.17) is 23.2 Å². The number of nitrogens with zero attached hydrogens (tertiary/aromatic N) is 2. The van der Waals surface area contributed by atoms with Gasteiger partial charge < -0.3 is 9.47 Å². The molecule has 0 N–H and O–H groups in total. The first-order valence-corrected chi connectivity index (χ1v) is 19.0. The lowest BCUT2D eigenvalue weighted by atomic mass is 9.69. The van der Waals surface area contributed by atoms with Gasteiger partial charge in [0.05, 0.1) is 11.0 Å². The zero-order chi connectivity index (χ0) is 36.4. The molecule has 2 aliphatic heterocycles. The molecule has 0 amide bonds. The molecule has 0 fully saturated rings. The van der Waals surface area contributed by atoms with Crippen molar-refractivity contribution in [2.75, 3.05) is 4.90 Å². The van der Waals surface area contributed by atoms with Crippen LogP contribution < -0.4 is 4.90 Å². The van der Waals surface area contributed by atoms with Crippen LogP contribution in [0.2, 0.25) is 10.0 Å². The second-order valence-electron chi connectivity index (χ2n) is 17.9. The molecule has 3 heterocycles. The molecule has 51 heavy (non-hydrogen) atoms. The van der Waals surface area contributed by atoms with E-state index < -0.39 is 0 Å². The molecule has 0 spiro atoms. The van der Waals surface area contributed by atoms with Gasteiger partial charge in [0, 0.05) is 61.0 Å². The lowest BCUT2D eigenvalue weighted by Crippen LogP contribution is -2.38. The highest BCUT2D eigenvalue weighted by Crippen LogP contribution is 2.56. The van der Waals surface area contributed by atoms with Gasteiger partial charge in [-0.25, -0.2) is 0 Å². The van der Waals surface area contributed by atoms with Crippen molar-refractivity contribution in [1.29, 1.82) is 0 Å². The Morgan fingerprint density at radius 1 is 0.569 bits per heavy atom. The highest BCUT2D eigenvalue weighted by atomic mass is 35.5. The summed E-state index contributed by atoms with van der Waals surface area (Å²) < 4.78 is 2.44. The molecule has 2 atom stereocenters. The molecule has 6 aromatic rings. The first-order chi connectivity index (χ1) is 23.9.